The quantitative estimate of drug-likeness (QED) is 0.919. The van der Waals surface area contributed by atoms with Crippen LogP contribution in [0, 0.1) is 5.92 Å². The van der Waals surface area contributed by atoms with Crippen molar-refractivity contribution >= 4 is 17.0 Å². The molecule has 1 saturated carbocycles. The van der Waals surface area contributed by atoms with Gasteiger partial charge in [0.1, 0.15) is 11.3 Å². The fourth-order valence-electron chi connectivity index (χ4n) is 3.08. The van der Waals surface area contributed by atoms with Gasteiger partial charge in [0.2, 0.25) is 0 Å². The van der Waals surface area contributed by atoms with E-state index in [4.69, 9.17) is 5.11 Å². The number of pyridine rings is 1. The van der Waals surface area contributed by atoms with Gasteiger partial charge < -0.3 is 9.67 Å². The summed E-state index contributed by atoms with van der Waals surface area (Å²) < 4.78 is 2.19. The average molecular weight is 259 g/mol. The number of carbonyl (C=O) groups is 1. The lowest BCUT2D eigenvalue weighted by Gasteiger charge is -2.11. The molecule has 1 aliphatic rings. The molecule has 1 N–H and O–H groups in total. The molecule has 0 saturated heterocycles. The molecule has 2 atom stereocenters. The van der Waals surface area contributed by atoms with Gasteiger partial charge in [0.05, 0.1) is 17.6 Å². The molecule has 0 spiro atoms. The van der Waals surface area contributed by atoms with Crippen LogP contribution in [0.4, 0.5) is 0 Å². The molecule has 1 aliphatic carbocycles. The number of carboxylic acid groups (broad SMARTS) is 1. The highest BCUT2D eigenvalue weighted by Gasteiger charge is 2.33. The van der Waals surface area contributed by atoms with Crippen molar-refractivity contribution < 1.29 is 9.90 Å². The number of rotatable bonds is 3. The lowest BCUT2D eigenvalue weighted by molar-refractivity contribution is -0.141. The van der Waals surface area contributed by atoms with Crippen molar-refractivity contribution in [2.75, 3.05) is 0 Å². The Balaban J connectivity index is 1.99. The largest absolute Gasteiger partial charge is 0.481 e. The standard InChI is InChI=1S/C14H17N3O2/c1-2-17-12-5-6-15-8-11(12)16-13(17)9-3-4-10(7-9)14(18)19/h5-6,8-10H,2-4,7H2,1H3,(H,18,19). The lowest BCUT2D eigenvalue weighted by Crippen LogP contribution is -2.11. The summed E-state index contributed by atoms with van der Waals surface area (Å²) in [6.45, 7) is 2.94. The number of aliphatic carboxylic acids is 1. The zero-order valence-corrected chi connectivity index (χ0v) is 10.9. The second-order valence-corrected chi connectivity index (χ2v) is 5.12. The summed E-state index contributed by atoms with van der Waals surface area (Å²) in [4.78, 5) is 19.8. The van der Waals surface area contributed by atoms with Crippen LogP contribution in [0.15, 0.2) is 18.5 Å². The minimum atomic E-state index is -0.677. The van der Waals surface area contributed by atoms with E-state index >= 15 is 0 Å². The van der Waals surface area contributed by atoms with Gasteiger partial charge in [0.25, 0.3) is 0 Å². The predicted molar refractivity (Wildman–Crippen MR) is 70.9 cm³/mol. The van der Waals surface area contributed by atoms with Crippen LogP contribution < -0.4 is 0 Å². The SMILES string of the molecule is CCn1c(C2CCC(C(=O)O)C2)nc2cnccc21. The van der Waals surface area contributed by atoms with Gasteiger partial charge in [-0.25, -0.2) is 4.98 Å². The number of aromatic nitrogens is 3. The molecule has 2 unspecified atom stereocenters. The minimum absolute atomic E-state index is 0.215. The van der Waals surface area contributed by atoms with Crippen molar-refractivity contribution in [2.45, 2.75) is 38.6 Å². The molecule has 5 heteroatoms. The van der Waals surface area contributed by atoms with Crippen molar-refractivity contribution in [3.8, 4) is 0 Å². The number of fused-ring (bicyclic) bond motifs is 1. The Bertz CT molecular complexity index is 620. The molecule has 19 heavy (non-hydrogen) atoms. The van der Waals surface area contributed by atoms with Crippen LogP contribution in [0.5, 0.6) is 0 Å². The summed E-state index contributed by atoms with van der Waals surface area (Å²) >= 11 is 0. The first kappa shape index (κ1) is 12.1. The highest BCUT2D eigenvalue weighted by Crippen LogP contribution is 2.38. The topological polar surface area (TPSA) is 68.0 Å². The molecule has 5 nitrogen and oxygen atoms in total. The zero-order chi connectivity index (χ0) is 13.4. The Morgan fingerprint density at radius 3 is 3.05 bits per heavy atom. The summed E-state index contributed by atoms with van der Waals surface area (Å²) in [6.07, 6.45) is 5.91. The summed E-state index contributed by atoms with van der Waals surface area (Å²) in [5.74, 6) is 0.388. The Labute approximate surface area is 111 Å². The van der Waals surface area contributed by atoms with E-state index in [1.807, 2.05) is 6.07 Å². The van der Waals surface area contributed by atoms with E-state index in [1.165, 1.54) is 0 Å². The summed E-state index contributed by atoms with van der Waals surface area (Å²) in [6, 6.07) is 1.97. The maximum atomic E-state index is 11.1. The fourth-order valence-corrected chi connectivity index (χ4v) is 3.08. The maximum absolute atomic E-state index is 11.1. The van der Waals surface area contributed by atoms with E-state index < -0.39 is 5.97 Å². The average Bonchev–Trinajstić information content (AvgIpc) is 3.02. The van der Waals surface area contributed by atoms with Gasteiger partial charge in [-0.1, -0.05) is 0 Å². The van der Waals surface area contributed by atoms with Gasteiger partial charge in [0.15, 0.2) is 0 Å². The summed E-state index contributed by atoms with van der Waals surface area (Å²) in [5.41, 5.74) is 1.99. The van der Waals surface area contributed by atoms with Gasteiger partial charge in [-0.15, -0.1) is 0 Å². The van der Waals surface area contributed by atoms with Crippen LogP contribution in [0.25, 0.3) is 11.0 Å². The van der Waals surface area contributed by atoms with Crippen LogP contribution in [-0.4, -0.2) is 25.6 Å². The van der Waals surface area contributed by atoms with Crippen molar-refractivity contribution in [1.29, 1.82) is 0 Å². The maximum Gasteiger partial charge on any atom is 0.306 e. The predicted octanol–water partition coefficient (Wildman–Crippen LogP) is 2.42. The smallest absolute Gasteiger partial charge is 0.306 e. The lowest BCUT2D eigenvalue weighted by atomic mass is 10.0. The first-order chi connectivity index (χ1) is 9.20. The third-order valence-corrected chi connectivity index (χ3v) is 4.04. The van der Waals surface area contributed by atoms with E-state index in [-0.39, 0.29) is 11.8 Å². The Morgan fingerprint density at radius 2 is 2.37 bits per heavy atom. The van der Waals surface area contributed by atoms with E-state index in [0.717, 1.165) is 36.2 Å². The number of nitrogens with zero attached hydrogens (tertiary/aromatic N) is 3. The minimum Gasteiger partial charge on any atom is -0.481 e. The van der Waals surface area contributed by atoms with Crippen molar-refractivity contribution in [2.24, 2.45) is 5.92 Å². The fraction of sp³-hybridized carbons (Fsp3) is 0.500. The molecule has 0 bridgehead atoms. The van der Waals surface area contributed by atoms with Gasteiger partial charge in [-0.3, -0.25) is 9.78 Å². The molecule has 0 aliphatic heterocycles. The molecular weight excluding hydrogens is 242 g/mol. The van der Waals surface area contributed by atoms with Crippen LogP contribution in [0.3, 0.4) is 0 Å². The van der Waals surface area contributed by atoms with Crippen LogP contribution in [0.1, 0.15) is 37.9 Å². The van der Waals surface area contributed by atoms with E-state index in [2.05, 4.69) is 21.5 Å². The third kappa shape index (κ3) is 1.99. The second-order valence-electron chi connectivity index (χ2n) is 5.12. The summed E-state index contributed by atoms with van der Waals surface area (Å²) in [5, 5.41) is 9.11. The van der Waals surface area contributed by atoms with Gasteiger partial charge >= 0.3 is 5.97 Å². The molecule has 1 fully saturated rings. The van der Waals surface area contributed by atoms with E-state index in [1.54, 1.807) is 12.4 Å². The Hall–Kier alpha value is -1.91. The summed E-state index contributed by atoms with van der Waals surface area (Å²) in [7, 11) is 0. The number of hydrogen-bond acceptors (Lipinski definition) is 3. The molecule has 100 valence electrons. The first-order valence-electron chi connectivity index (χ1n) is 6.73. The molecule has 2 aromatic heterocycles. The van der Waals surface area contributed by atoms with Crippen LogP contribution in [-0.2, 0) is 11.3 Å². The molecular formula is C14H17N3O2. The van der Waals surface area contributed by atoms with Crippen molar-refractivity contribution in [3.05, 3.63) is 24.3 Å². The van der Waals surface area contributed by atoms with Crippen molar-refractivity contribution in [3.63, 3.8) is 0 Å². The molecule has 2 heterocycles. The first-order valence-corrected chi connectivity index (χ1v) is 6.73. The number of carboxylic acids is 1. The Morgan fingerprint density at radius 1 is 1.53 bits per heavy atom. The number of imidazole rings is 1. The monoisotopic (exact) mass is 259 g/mol. The normalized spacial score (nSPS) is 23.0. The second kappa shape index (κ2) is 4.64. The zero-order valence-electron chi connectivity index (χ0n) is 10.9. The highest BCUT2D eigenvalue weighted by molar-refractivity contribution is 5.75. The molecule has 0 amide bonds. The molecule has 3 rings (SSSR count). The van der Waals surface area contributed by atoms with Crippen LogP contribution >= 0.6 is 0 Å². The highest BCUT2D eigenvalue weighted by atomic mass is 16.4. The van der Waals surface area contributed by atoms with Gasteiger partial charge in [-0.2, -0.15) is 0 Å². The van der Waals surface area contributed by atoms with E-state index in [9.17, 15) is 4.79 Å². The molecule has 0 aromatic carbocycles. The van der Waals surface area contributed by atoms with E-state index in [0.29, 0.717) is 6.42 Å². The van der Waals surface area contributed by atoms with Gasteiger partial charge in [-0.05, 0) is 32.3 Å². The molecule has 2 aromatic rings. The Kier molecular flexibility index (Phi) is 2.97. The third-order valence-electron chi connectivity index (χ3n) is 4.04. The van der Waals surface area contributed by atoms with Gasteiger partial charge in [0, 0.05) is 18.7 Å². The molecule has 0 radical (unpaired) electrons. The number of aryl methyl sites for hydroxylation is 1. The van der Waals surface area contributed by atoms with Crippen LogP contribution in [0.2, 0.25) is 0 Å². The van der Waals surface area contributed by atoms with Crippen molar-refractivity contribution in [1.82, 2.24) is 14.5 Å². The number of hydrogen-bond donors (Lipinski definition) is 1.